The third kappa shape index (κ3) is 20.9. The Labute approximate surface area is 607 Å². The van der Waals surface area contributed by atoms with Gasteiger partial charge in [-0.15, -0.1) is 0 Å². The predicted octanol–water partition coefficient (Wildman–Crippen LogP) is -0.111. The van der Waals surface area contributed by atoms with Gasteiger partial charge in [-0.05, 0) is 92.5 Å². The number of aliphatic hydroxyl groups excluding tert-OH is 6. The Morgan fingerprint density at radius 3 is 2.02 bits per heavy atom. The average molecular weight is 1490 g/mol. The molecule has 32 nitrogen and oxygen atoms in total. The van der Waals surface area contributed by atoms with E-state index in [1.54, 1.807) is 45.9 Å². The van der Waals surface area contributed by atoms with E-state index in [4.69, 9.17) is 44.0 Å². The van der Waals surface area contributed by atoms with E-state index in [0.29, 0.717) is 24.0 Å². The fourth-order valence-electron chi connectivity index (χ4n) is 14.7. The summed E-state index contributed by atoms with van der Waals surface area (Å²) in [5, 5.41) is 79.2. The lowest BCUT2D eigenvalue weighted by Crippen LogP contribution is -2.71. The number of benzene rings is 1. The normalized spacial score (nSPS) is 27.0. The van der Waals surface area contributed by atoms with Crippen LogP contribution in [0.2, 0.25) is 0 Å². The first kappa shape index (κ1) is 84.5. The first-order valence-corrected chi connectivity index (χ1v) is 35.5. The number of Topliss-reactive ketones (excluding diaryl/α,β-unsaturated/α-hetero) is 1. The lowest BCUT2D eigenvalue weighted by molar-refractivity contribution is -0.233. The molecule has 105 heavy (non-hydrogen) atoms. The van der Waals surface area contributed by atoms with E-state index in [1.807, 2.05) is 6.92 Å². The van der Waals surface area contributed by atoms with Crippen molar-refractivity contribution in [1.82, 2.24) is 36.8 Å². The zero-order valence-electron chi connectivity index (χ0n) is 59.9. The quantitative estimate of drug-likeness (QED) is 0.0300. The number of alkyl halides is 2. The van der Waals surface area contributed by atoms with Crippen molar-refractivity contribution in [2.24, 2.45) is 34.3 Å². The average Bonchev–Trinajstić information content (AvgIpc) is 1.57. The van der Waals surface area contributed by atoms with Gasteiger partial charge in [-0.3, -0.25) is 43.3 Å². The number of hydrogen-bond donors (Lipinski definition) is 14. The first-order valence-electron chi connectivity index (χ1n) is 35.5. The van der Waals surface area contributed by atoms with E-state index in [2.05, 4.69) is 43.8 Å². The van der Waals surface area contributed by atoms with Crippen LogP contribution < -0.4 is 43.0 Å². The van der Waals surface area contributed by atoms with Crippen molar-refractivity contribution in [2.45, 2.75) is 184 Å². The summed E-state index contributed by atoms with van der Waals surface area (Å²) in [7, 11) is 0. The molecule has 4 aliphatic carbocycles. The Balaban J connectivity index is 0.917. The second-order valence-electron chi connectivity index (χ2n) is 27.9. The number of aliphatic hydroxyl groups is 6. The summed E-state index contributed by atoms with van der Waals surface area (Å²) in [6.45, 7) is 11.0. The summed E-state index contributed by atoms with van der Waals surface area (Å²) in [6, 6.07) is 0.954. The van der Waals surface area contributed by atoms with Gasteiger partial charge in [0.2, 0.25) is 29.5 Å². The molecule has 3 saturated carbocycles. The van der Waals surface area contributed by atoms with Crippen LogP contribution in [0, 0.1) is 28.6 Å². The van der Waals surface area contributed by atoms with E-state index in [-0.39, 0.29) is 122 Å². The maximum absolute atomic E-state index is 18.1. The second kappa shape index (κ2) is 38.7. The van der Waals surface area contributed by atoms with Crippen LogP contribution in [0.4, 0.5) is 24.1 Å². The monoisotopic (exact) mass is 1490 g/mol. The highest BCUT2D eigenvalue weighted by Gasteiger charge is 2.80. The highest BCUT2D eigenvalue weighted by Crippen LogP contribution is 2.72. The minimum atomic E-state index is -2.31. The lowest BCUT2D eigenvalue weighted by Gasteiger charge is -2.63. The van der Waals surface area contributed by atoms with Crippen LogP contribution in [-0.4, -0.2) is 259 Å². The minimum absolute atomic E-state index is 0.00720. The largest absolute Gasteiger partial charge is 0.445 e. The molecule has 17 atom stereocenters. The number of imide groups is 1. The number of rotatable bonds is 43. The molecule has 2 heterocycles. The molecular formula is C71H103F2N9O23. The number of ketones is 1. The van der Waals surface area contributed by atoms with Gasteiger partial charge in [-0.25, -0.2) is 18.4 Å². The van der Waals surface area contributed by atoms with Gasteiger partial charge in [-0.1, -0.05) is 71.1 Å². The number of nitrogens with zero attached hydrogens (tertiary/aromatic N) is 1. The van der Waals surface area contributed by atoms with Crippen LogP contribution in [0.1, 0.15) is 104 Å². The van der Waals surface area contributed by atoms with Gasteiger partial charge in [0, 0.05) is 60.5 Å². The van der Waals surface area contributed by atoms with Gasteiger partial charge in [-0.2, -0.15) is 0 Å². The van der Waals surface area contributed by atoms with Crippen LogP contribution in [0.5, 0.6) is 0 Å². The number of primary amides is 1. The maximum atomic E-state index is 18.1. The number of carbonyl (C=O) groups is 10. The number of urea groups is 1. The highest BCUT2D eigenvalue weighted by molar-refractivity contribution is 6.12. The fourth-order valence-corrected chi connectivity index (χ4v) is 14.7. The molecule has 0 radical (unpaired) electrons. The summed E-state index contributed by atoms with van der Waals surface area (Å²) in [4.78, 5) is 133. The number of halogens is 2. The smallest absolute Gasteiger partial charge is 0.407 e. The van der Waals surface area contributed by atoms with Crippen molar-refractivity contribution in [3.05, 3.63) is 77.9 Å². The maximum Gasteiger partial charge on any atom is 0.407 e. The number of allylic oxidation sites excluding steroid dienone is 5. The summed E-state index contributed by atoms with van der Waals surface area (Å²) in [5.41, 5.74) is -0.185. The highest BCUT2D eigenvalue weighted by atomic mass is 19.1. The summed E-state index contributed by atoms with van der Waals surface area (Å²) in [5.74, 6) is -7.83. The SMILES string of the molecule is C=C1C=C[C@@]2(C)C(=C1)[C@@H](F)C[C@H]1[C@@H]3C[C@H]4OC(CCC)O[C@@]4(C(=O)CNC(=O)OCc4ccc(NC(=O)[C@H](CCCNC(N)=O)NC(=O)[C@@H](NC(=O)[C@@H](CCC(=O)NC[C@H](O)[C@@H](O)[C@H](O)[C@H](O)CO)NC(=O)CCOCCOCCOCCOCCN5C(=O)C=CC5=O)C(C)C)cc4)[C@@]3(C)C[C@H](O)[C@@]12F. The Hall–Kier alpha value is -7.74. The van der Waals surface area contributed by atoms with Crippen molar-refractivity contribution >= 4 is 64.9 Å². The van der Waals surface area contributed by atoms with E-state index >= 15 is 8.78 Å². The van der Waals surface area contributed by atoms with E-state index in [9.17, 15) is 73.5 Å². The number of nitrogens with one attached hydrogen (secondary N) is 7. The predicted molar refractivity (Wildman–Crippen MR) is 368 cm³/mol. The Bertz CT molecular complexity index is 3310. The lowest BCUT2D eigenvalue weighted by atomic mass is 9.44. The van der Waals surface area contributed by atoms with Crippen molar-refractivity contribution in [2.75, 3.05) is 91.0 Å². The molecule has 34 heteroatoms. The van der Waals surface area contributed by atoms with E-state index in [0.717, 1.165) is 4.90 Å². The zero-order chi connectivity index (χ0) is 77.0. The van der Waals surface area contributed by atoms with Crippen LogP contribution in [0.25, 0.3) is 0 Å². The van der Waals surface area contributed by atoms with Crippen LogP contribution in [0.15, 0.2) is 72.4 Å². The molecule has 10 amide bonds. The van der Waals surface area contributed by atoms with Crippen molar-refractivity contribution in [1.29, 1.82) is 0 Å². The van der Waals surface area contributed by atoms with Gasteiger partial charge in [0.05, 0.1) is 90.9 Å². The number of anilines is 1. The zero-order valence-corrected chi connectivity index (χ0v) is 59.9. The van der Waals surface area contributed by atoms with Gasteiger partial charge >= 0.3 is 12.1 Å². The molecule has 0 spiro atoms. The molecule has 6 aliphatic rings. The van der Waals surface area contributed by atoms with Crippen molar-refractivity contribution in [3.8, 4) is 0 Å². The van der Waals surface area contributed by atoms with Crippen molar-refractivity contribution < 1.29 is 121 Å². The van der Waals surface area contributed by atoms with Crippen molar-refractivity contribution in [3.63, 3.8) is 0 Å². The second-order valence-corrected chi connectivity index (χ2v) is 27.9. The topological polar surface area (TPSA) is 470 Å². The number of nitrogens with two attached hydrogens (primary N) is 1. The molecule has 1 aromatic rings. The molecule has 2 aliphatic heterocycles. The molecule has 15 N–H and O–H groups in total. The third-order valence-electron chi connectivity index (χ3n) is 20.4. The molecule has 4 fully saturated rings. The molecule has 584 valence electrons. The number of ether oxygens (including phenoxy) is 7. The standard InChI is InChI=1S/C71H103F2N9O23/c1-7-9-59-104-54-34-44-45-33-47(72)46-32-41(4)19-21-68(46,5)70(45,73)52(86)35-69(44,6)71(54,105-59)53(87)37-77-67(98)103-39-42-11-13-43(14-12-42)78-63(94)48(10-8-22-75-66(74)97)80-65(96)60(40(2)3)81-64(95)49(15-16-55(88)76-36-50(84)61(92)62(93)51(85)38-83)79-56(89)20-24-99-26-28-101-30-31-102-29-27-100-25-23-82-57(90)17-18-58(82)91/h11-14,17-19,21,32,40,44-45,47-52,54,59-62,83-86,92-93H,4,7-10,15-16,20,22-31,33-39H2,1-3,5-6H3,(H,76,88)(H,77,98)(H,78,94)(H,79,89)(H,80,96)(H,81,95)(H3,74,75,97)/t44-,45-,47-,48-,49+,50-,51+,52-,54+,59?,60-,61+,62+,68-,69-,70-,71+/m0/s1. The molecule has 0 bridgehead atoms. The summed E-state index contributed by atoms with van der Waals surface area (Å²) in [6.07, 6.45) is -6.81. The molecule has 1 aromatic carbocycles. The van der Waals surface area contributed by atoms with Gasteiger partial charge in [0.1, 0.15) is 49.2 Å². The van der Waals surface area contributed by atoms with Gasteiger partial charge in [0.15, 0.2) is 23.3 Å². The van der Waals surface area contributed by atoms with Crippen LogP contribution in [-0.2, 0) is 78.1 Å². The summed E-state index contributed by atoms with van der Waals surface area (Å²) >= 11 is 0. The first-order chi connectivity index (χ1) is 49.8. The van der Waals surface area contributed by atoms with Crippen LogP contribution >= 0.6 is 0 Å². The molecule has 1 unspecified atom stereocenters. The number of carbonyl (C=O) groups excluding carboxylic acids is 10. The van der Waals surface area contributed by atoms with Gasteiger partial charge in [0.25, 0.3) is 11.8 Å². The van der Waals surface area contributed by atoms with E-state index in [1.165, 1.54) is 36.4 Å². The number of hydrogen-bond acceptors (Lipinski definition) is 23. The number of alkyl carbamates (subject to hydrolysis) is 1. The summed E-state index contributed by atoms with van der Waals surface area (Å²) < 4.78 is 74.7. The molecular weight excluding hydrogens is 1380 g/mol. The Morgan fingerprint density at radius 1 is 0.762 bits per heavy atom. The number of fused-ring (bicyclic) bond motifs is 7. The third-order valence-corrected chi connectivity index (χ3v) is 20.4. The number of amides is 10. The van der Waals surface area contributed by atoms with E-state index < -0.39 is 199 Å². The van der Waals surface area contributed by atoms with Gasteiger partial charge < -0.3 is 107 Å². The fraction of sp³-hybridized carbons (Fsp3) is 0.662. The molecule has 7 rings (SSSR count). The molecule has 0 aromatic heterocycles. The minimum Gasteiger partial charge on any atom is -0.445 e. The Morgan fingerprint density at radius 2 is 1.39 bits per heavy atom. The Kier molecular flexibility index (Phi) is 31.1. The molecule has 1 saturated heterocycles. The van der Waals surface area contributed by atoms with Crippen LogP contribution in [0.3, 0.4) is 0 Å².